The van der Waals surface area contributed by atoms with Gasteiger partial charge in [0.1, 0.15) is 16.4 Å². The van der Waals surface area contributed by atoms with Crippen LogP contribution in [0.1, 0.15) is 11.1 Å². The topological polar surface area (TPSA) is 52.6 Å². The monoisotopic (exact) mass is 370 g/mol. The molecule has 2 rings (SSSR count). The minimum atomic E-state index is -3.96. The largest absolute Gasteiger partial charge is 0.495 e. The van der Waals surface area contributed by atoms with Crippen LogP contribution in [0.2, 0.25) is 0 Å². The summed E-state index contributed by atoms with van der Waals surface area (Å²) < 4.78 is 35.9. The molecule has 0 unspecified atom stereocenters. The summed E-state index contributed by atoms with van der Waals surface area (Å²) in [5.74, 6) is 0.512. The summed E-state index contributed by atoms with van der Waals surface area (Å²) in [6, 6.07) is 9.90. The summed E-state index contributed by atoms with van der Waals surface area (Å²) in [6.45, 7) is 3.73. The zero-order chi connectivity index (χ0) is 15.6. The molecule has 0 aliphatic heterocycles. The van der Waals surface area contributed by atoms with Crippen molar-refractivity contribution in [3.63, 3.8) is 0 Å². The van der Waals surface area contributed by atoms with Crippen LogP contribution in [0, 0.1) is 13.8 Å². The Morgan fingerprint density at radius 2 is 1.71 bits per heavy atom. The van der Waals surface area contributed by atoms with Crippen molar-refractivity contribution in [1.29, 1.82) is 0 Å². The van der Waals surface area contributed by atoms with Crippen LogP contribution in [0.3, 0.4) is 0 Å². The SMILES string of the molecule is COc1cc(C)c(C)cc1S(=O)(=O)Oc1cccc(Br)c1. The number of ether oxygens (including phenoxy) is 1. The van der Waals surface area contributed by atoms with Gasteiger partial charge in [0.05, 0.1) is 7.11 Å². The zero-order valence-corrected chi connectivity index (χ0v) is 14.3. The van der Waals surface area contributed by atoms with Gasteiger partial charge in [-0.15, -0.1) is 0 Å². The van der Waals surface area contributed by atoms with Gasteiger partial charge in [0.15, 0.2) is 0 Å². The van der Waals surface area contributed by atoms with Gasteiger partial charge in [-0.2, -0.15) is 8.42 Å². The lowest BCUT2D eigenvalue weighted by Crippen LogP contribution is -2.12. The molecule has 0 amide bonds. The van der Waals surface area contributed by atoms with E-state index in [4.69, 9.17) is 8.92 Å². The second-order valence-electron chi connectivity index (χ2n) is 4.58. The fraction of sp³-hybridized carbons (Fsp3) is 0.200. The van der Waals surface area contributed by atoms with E-state index < -0.39 is 10.1 Å². The molecule has 0 aliphatic rings. The molecule has 4 nitrogen and oxygen atoms in total. The highest BCUT2D eigenvalue weighted by Gasteiger charge is 2.23. The number of aryl methyl sites for hydroxylation is 2. The van der Waals surface area contributed by atoms with Gasteiger partial charge < -0.3 is 8.92 Å². The Balaban J connectivity index is 2.47. The standard InChI is InChI=1S/C15H15BrO4S/c1-10-7-14(19-3)15(8-11(10)2)21(17,18)20-13-6-4-5-12(16)9-13/h4-9H,1-3H3. The molecule has 0 fully saturated rings. The predicted molar refractivity (Wildman–Crippen MR) is 84.4 cm³/mol. The van der Waals surface area contributed by atoms with Gasteiger partial charge in [0.25, 0.3) is 0 Å². The molecular formula is C15H15BrO4S. The second-order valence-corrected chi connectivity index (χ2v) is 7.01. The maximum absolute atomic E-state index is 12.4. The van der Waals surface area contributed by atoms with Crippen molar-refractivity contribution in [3.8, 4) is 11.5 Å². The molecule has 0 bridgehead atoms. The molecule has 0 aromatic heterocycles. The van der Waals surface area contributed by atoms with E-state index in [0.717, 1.165) is 15.6 Å². The minimum Gasteiger partial charge on any atom is -0.495 e. The highest BCUT2D eigenvalue weighted by atomic mass is 79.9. The van der Waals surface area contributed by atoms with E-state index in [1.807, 2.05) is 13.8 Å². The molecule has 0 N–H and O–H groups in total. The molecule has 0 atom stereocenters. The van der Waals surface area contributed by atoms with E-state index in [1.165, 1.54) is 7.11 Å². The first kappa shape index (κ1) is 15.9. The molecule has 21 heavy (non-hydrogen) atoms. The van der Waals surface area contributed by atoms with Crippen LogP contribution in [0.15, 0.2) is 45.8 Å². The number of hydrogen-bond acceptors (Lipinski definition) is 4. The lowest BCUT2D eigenvalue weighted by Gasteiger charge is -2.13. The summed E-state index contributed by atoms with van der Waals surface area (Å²) >= 11 is 3.28. The van der Waals surface area contributed by atoms with Gasteiger partial charge >= 0.3 is 10.1 Å². The molecule has 0 spiro atoms. The van der Waals surface area contributed by atoms with Crippen LogP contribution in [-0.4, -0.2) is 15.5 Å². The molecule has 0 radical (unpaired) electrons. The first-order chi connectivity index (χ1) is 9.83. The Kier molecular flexibility index (Phi) is 4.58. The lowest BCUT2D eigenvalue weighted by atomic mass is 10.1. The molecule has 6 heteroatoms. The van der Waals surface area contributed by atoms with Crippen molar-refractivity contribution in [1.82, 2.24) is 0 Å². The fourth-order valence-electron chi connectivity index (χ4n) is 1.81. The Hall–Kier alpha value is -1.53. The molecule has 2 aromatic rings. The van der Waals surface area contributed by atoms with Crippen LogP contribution >= 0.6 is 15.9 Å². The number of benzene rings is 2. The molecular weight excluding hydrogens is 356 g/mol. The van der Waals surface area contributed by atoms with Crippen molar-refractivity contribution in [2.45, 2.75) is 18.7 Å². The van der Waals surface area contributed by atoms with E-state index in [1.54, 1.807) is 36.4 Å². The number of halogens is 1. The molecule has 0 aliphatic carbocycles. The third kappa shape index (κ3) is 3.57. The summed E-state index contributed by atoms with van der Waals surface area (Å²) in [5, 5.41) is 0. The molecule has 0 saturated carbocycles. The van der Waals surface area contributed by atoms with E-state index in [-0.39, 0.29) is 16.4 Å². The van der Waals surface area contributed by atoms with Crippen molar-refractivity contribution in [3.05, 3.63) is 52.0 Å². The van der Waals surface area contributed by atoms with Gasteiger partial charge in [-0.05, 0) is 55.3 Å². The van der Waals surface area contributed by atoms with Gasteiger partial charge in [0.2, 0.25) is 0 Å². The predicted octanol–water partition coefficient (Wildman–Crippen LogP) is 3.84. The van der Waals surface area contributed by atoms with E-state index in [0.29, 0.717) is 0 Å². The summed E-state index contributed by atoms with van der Waals surface area (Å²) in [4.78, 5) is 0.0214. The van der Waals surface area contributed by atoms with Crippen molar-refractivity contribution >= 4 is 26.0 Å². The number of hydrogen-bond donors (Lipinski definition) is 0. The van der Waals surface area contributed by atoms with Gasteiger partial charge in [-0.3, -0.25) is 0 Å². The summed E-state index contributed by atoms with van der Waals surface area (Å²) in [5.41, 5.74) is 1.81. The molecule has 0 saturated heterocycles. The van der Waals surface area contributed by atoms with Gasteiger partial charge in [-0.1, -0.05) is 22.0 Å². The second kappa shape index (κ2) is 6.07. The third-order valence-electron chi connectivity index (χ3n) is 3.05. The number of methoxy groups -OCH3 is 1. The van der Waals surface area contributed by atoms with E-state index in [2.05, 4.69) is 15.9 Å². The highest BCUT2D eigenvalue weighted by Crippen LogP contribution is 2.30. The summed E-state index contributed by atoms with van der Waals surface area (Å²) in [6.07, 6.45) is 0. The van der Waals surface area contributed by atoms with E-state index >= 15 is 0 Å². The van der Waals surface area contributed by atoms with Gasteiger partial charge in [0, 0.05) is 4.47 Å². The van der Waals surface area contributed by atoms with Crippen LogP contribution in [0.25, 0.3) is 0 Å². The Morgan fingerprint density at radius 3 is 2.33 bits per heavy atom. The summed E-state index contributed by atoms with van der Waals surface area (Å²) in [7, 11) is -2.53. The third-order valence-corrected chi connectivity index (χ3v) is 4.81. The number of rotatable bonds is 4. The first-order valence-corrected chi connectivity index (χ1v) is 8.39. The fourth-order valence-corrected chi connectivity index (χ4v) is 3.34. The first-order valence-electron chi connectivity index (χ1n) is 6.19. The Morgan fingerprint density at radius 1 is 1.05 bits per heavy atom. The van der Waals surface area contributed by atoms with Crippen molar-refractivity contribution < 1.29 is 17.3 Å². The Labute approximate surface area is 133 Å². The zero-order valence-electron chi connectivity index (χ0n) is 11.9. The maximum atomic E-state index is 12.4. The minimum absolute atomic E-state index is 0.0214. The van der Waals surface area contributed by atoms with Crippen LogP contribution in [0.4, 0.5) is 0 Å². The quantitative estimate of drug-likeness (QED) is 0.767. The van der Waals surface area contributed by atoms with Crippen molar-refractivity contribution in [2.24, 2.45) is 0 Å². The smallest absolute Gasteiger partial charge is 0.342 e. The highest BCUT2D eigenvalue weighted by molar-refractivity contribution is 9.10. The van der Waals surface area contributed by atoms with Crippen molar-refractivity contribution in [2.75, 3.05) is 7.11 Å². The van der Waals surface area contributed by atoms with Crippen LogP contribution < -0.4 is 8.92 Å². The average Bonchev–Trinajstić information content (AvgIpc) is 2.40. The normalized spacial score (nSPS) is 11.2. The average molecular weight is 371 g/mol. The molecule has 2 aromatic carbocycles. The molecule has 112 valence electrons. The Bertz CT molecular complexity index is 769. The maximum Gasteiger partial charge on any atom is 0.342 e. The van der Waals surface area contributed by atoms with Crippen LogP contribution in [-0.2, 0) is 10.1 Å². The van der Waals surface area contributed by atoms with Gasteiger partial charge in [-0.25, -0.2) is 0 Å². The van der Waals surface area contributed by atoms with Crippen LogP contribution in [0.5, 0.6) is 11.5 Å². The molecule has 0 heterocycles. The van der Waals surface area contributed by atoms with E-state index in [9.17, 15) is 8.42 Å². The lowest BCUT2D eigenvalue weighted by molar-refractivity contribution is 0.397.